The van der Waals surface area contributed by atoms with Gasteiger partial charge in [-0.3, -0.25) is 0 Å². The summed E-state index contributed by atoms with van der Waals surface area (Å²) in [6.45, 7) is 4.25. The van der Waals surface area contributed by atoms with E-state index in [1.807, 2.05) is 0 Å². The number of rotatable bonds is 4. The Morgan fingerprint density at radius 2 is 1.16 bits per heavy atom. The molecule has 0 heterocycles. The van der Waals surface area contributed by atoms with Gasteiger partial charge in [-0.05, 0) is 67.5 Å². The zero-order chi connectivity index (χ0) is 13.8. The van der Waals surface area contributed by atoms with Gasteiger partial charge in [0.1, 0.15) is 0 Å². The van der Waals surface area contributed by atoms with Crippen LogP contribution in [0.15, 0.2) is 45.3 Å². The minimum absolute atomic E-state index is 1.11. The molecule has 0 aliphatic rings. The van der Waals surface area contributed by atoms with E-state index in [2.05, 4.69) is 82.1 Å². The molecule has 0 bridgehead atoms. The second-order valence-corrected chi connectivity index (χ2v) is 6.75. The van der Waals surface area contributed by atoms with Gasteiger partial charge >= 0.3 is 0 Å². The first kappa shape index (κ1) is 14.8. The fraction of sp³-hybridized carbons (Fsp3) is 0.294. The van der Waals surface area contributed by atoms with Crippen molar-refractivity contribution in [2.45, 2.75) is 33.1 Å². The molecular weight excluding hydrogens is 364 g/mol. The minimum atomic E-state index is 1.11. The van der Waals surface area contributed by atoms with Gasteiger partial charge in [0, 0.05) is 8.95 Å². The minimum Gasteiger partial charge on any atom is -0.0590 e. The van der Waals surface area contributed by atoms with E-state index in [-0.39, 0.29) is 0 Å². The van der Waals surface area contributed by atoms with Crippen LogP contribution < -0.4 is 0 Å². The maximum Gasteiger partial charge on any atom is 0.0209 e. The van der Waals surface area contributed by atoms with Crippen LogP contribution in [0.2, 0.25) is 0 Å². The van der Waals surface area contributed by atoms with Crippen LogP contribution in [0, 0.1) is 13.8 Å². The molecule has 0 aliphatic heterocycles. The molecule has 0 fully saturated rings. The number of benzene rings is 2. The first-order chi connectivity index (χ1) is 9.06. The summed E-state index contributed by atoms with van der Waals surface area (Å²) in [5.41, 5.74) is 5.40. The molecular formula is C17H18Br2. The zero-order valence-corrected chi connectivity index (χ0v) is 14.5. The van der Waals surface area contributed by atoms with Gasteiger partial charge in [-0.2, -0.15) is 0 Å². The second kappa shape index (κ2) is 6.71. The Morgan fingerprint density at radius 3 is 1.53 bits per heavy atom. The topological polar surface area (TPSA) is 0 Å². The smallest absolute Gasteiger partial charge is 0.0209 e. The maximum absolute atomic E-state index is 3.65. The molecule has 0 aliphatic carbocycles. The lowest BCUT2D eigenvalue weighted by Gasteiger charge is -2.08. The third-order valence-corrected chi connectivity index (χ3v) is 4.79. The zero-order valence-electron chi connectivity index (χ0n) is 11.3. The SMILES string of the molecule is Cc1ccc(CCCc2ccc(C)cc2Br)c(Br)c1. The molecule has 0 atom stereocenters. The van der Waals surface area contributed by atoms with Gasteiger partial charge in [0.05, 0.1) is 0 Å². The third-order valence-electron chi connectivity index (χ3n) is 3.31. The molecule has 0 aromatic heterocycles. The van der Waals surface area contributed by atoms with Crippen molar-refractivity contribution >= 4 is 31.9 Å². The molecule has 0 saturated carbocycles. The summed E-state index contributed by atoms with van der Waals surface area (Å²) >= 11 is 7.30. The Labute approximate surface area is 132 Å². The van der Waals surface area contributed by atoms with Crippen molar-refractivity contribution in [2.24, 2.45) is 0 Å². The van der Waals surface area contributed by atoms with Gasteiger partial charge < -0.3 is 0 Å². The standard InChI is InChI=1S/C17H18Br2/c1-12-6-8-14(16(18)10-12)4-3-5-15-9-7-13(2)11-17(15)19/h6-11H,3-5H2,1-2H3. The lowest BCUT2D eigenvalue weighted by molar-refractivity contribution is 0.814. The van der Waals surface area contributed by atoms with Crippen molar-refractivity contribution in [2.75, 3.05) is 0 Å². The lowest BCUT2D eigenvalue weighted by atomic mass is 10.0. The van der Waals surface area contributed by atoms with Crippen molar-refractivity contribution in [1.82, 2.24) is 0 Å². The van der Waals surface area contributed by atoms with E-state index >= 15 is 0 Å². The van der Waals surface area contributed by atoms with Gasteiger partial charge in [-0.1, -0.05) is 56.1 Å². The van der Waals surface area contributed by atoms with Crippen molar-refractivity contribution in [3.63, 3.8) is 0 Å². The summed E-state index contributed by atoms with van der Waals surface area (Å²) < 4.78 is 2.46. The summed E-state index contributed by atoms with van der Waals surface area (Å²) in [5.74, 6) is 0. The highest BCUT2D eigenvalue weighted by molar-refractivity contribution is 9.10. The second-order valence-electron chi connectivity index (χ2n) is 5.04. The Kier molecular flexibility index (Phi) is 5.23. The van der Waals surface area contributed by atoms with Crippen molar-refractivity contribution < 1.29 is 0 Å². The molecule has 2 heteroatoms. The molecule has 2 aromatic rings. The maximum atomic E-state index is 3.65. The molecule has 0 saturated heterocycles. The summed E-state index contributed by atoms with van der Waals surface area (Å²) in [6.07, 6.45) is 3.39. The quantitative estimate of drug-likeness (QED) is 0.608. The van der Waals surface area contributed by atoms with Gasteiger partial charge in [0.2, 0.25) is 0 Å². The van der Waals surface area contributed by atoms with Crippen LogP contribution in [-0.4, -0.2) is 0 Å². The Bertz CT molecular complexity index is 522. The van der Waals surface area contributed by atoms with E-state index in [4.69, 9.17) is 0 Å². The average Bonchev–Trinajstić information content (AvgIpc) is 2.34. The third kappa shape index (κ3) is 4.19. The summed E-state index contributed by atoms with van der Waals surface area (Å²) in [6, 6.07) is 13.2. The monoisotopic (exact) mass is 380 g/mol. The molecule has 2 rings (SSSR count). The number of hydrogen-bond donors (Lipinski definition) is 0. The van der Waals surface area contributed by atoms with Crippen LogP contribution >= 0.6 is 31.9 Å². The summed E-state index contributed by atoms with van der Waals surface area (Å²) in [7, 11) is 0. The van der Waals surface area contributed by atoms with Gasteiger partial charge in [-0.15, -0.1) is 0 Å². The molecule has 0 radical (unpaired) electrons. The van der Waals surface area contributed by atoms with Gasteiger partial charge in [-0.25, -0.2) is 0 Å². The first-order valence-electron chi connectivity index (χ1n) is 6.56. The predicted octanol–water partition coefficient (Wildman–Crippen LogP) is 6.00. The van der Waals surface area contributed by atoms with Crippen molar-refractivity contribution in [3.8, 4) is 0 Å². The molecule has 100 valence electrons. The molecule has 0 spiro atoms. The van der Waals surface area contributed by atoms with Crippen molar-refractivity contribution in [3.05, 3.63) is 67.6 Å². The van der Waals surface area contributed by atoms with Crippen LogP contribution in [0.3, 0.4) is 0 Å². The highest BCUT2D eigenvalue weighted by Crippen LogP contribution is 2.23. The number of halogens is 2. The van der Waals surface area contributed by atoms with Crippen LogP contribution in [0.5, 0.6) is 0 Å². The summed E-state index contributed by atoms with van der Waals surface area (Å²) in [5, 5.41) is 0. The van der Waals surface area contributed by atoms with Crippen LogP contribution in [0.25, 0.3) is 0 Å². The van der Waals surface area contributed by atoms with Gasteiger partial charge in [0.15, 0.2) is 0 Å². The number of hydrogen-bond acceptors (Lipinski definition) is 0. The van der Waals surface area contributed by atoms with E-state index in [0.29, 0.717) is 0 Å². The first-order valence-corrected chi connectivity index (χ1v) is 8.15. The van der Waals surface area contributed by atoms with Gasteiger partial charge in [0.25, 0.3) is 0 Å². The molecule has 0 N–H and O–H groups in total. The average molecular weight is 382 g/mol. The van der Waals surface area contributed by atoms with E-state index in [1.54, 1.807) is 0 Å². The van der Waals surface area contributed by atoms with E-state index < -0.39 is 0 Å². The van der Waals surface area contributed by atoms with Crippen LogP contribution in [0.4, 0.5) is 0 Å². The summed E-state index contributed by atoms with van der Waals surface area (Å²) in [4.78, 5) is 0. The highest BCUT2D eigenvalue weighted by Gasteiger charge is 2.03. The highest BCUT2D eigenvalue weighted by atomic mass is 79.9. The van der Waals surface area contributed by atoms with E-state index in [0.717, 1.165) is 12.8 Å². The fourth-order valence-corrected chi connectivity index (χ4v) is 3.56. The molecule has 2 aromatic carbocycles. The van der Waals surface area contributed by atoms with Crippen molar-refractivity contribution in [1.29, 1.82) is 0 Å². The Morgan fingerprint density at radius 1 is 0.737 bits per heavy atom. The van der Waals surface area contributed by atoms with E-state index in [9.17, 15) is 0 Å². The molecule has 0 unspecified atom stereocenters. The van der Waals surface area contributed by atoms with Crippen LogP contribution in [-0.2, 0) is 12.8 Å². The van der Waals surface area contributed by atoms with E-state index in [1.165, 1.54) is 37.6 Å². The molecule has 0 nitrogen and oxygen atoms in total. The lowest BCUT2D eigenvalue weighted by Crippen LogP contribution is -1.93. The predicted molar refractivity (Wildman–Crippen MR) is 89.8 cm³/mol. The Balaban J connectivity index is 1.96. The number of aryl methyl sites for hydroxylation is 4. The fourth-order valence-electron chi connectivity index (χ4n) is 2.18. The largest absolute Gasteiger partial charge is 0.0590 e. The normalized spacial score (nSPS) is 10.7. The Hall–Kier alpha value is -0.600. The molecule has 19 heavy (non-hydrogen) atoms. The molecule has 0 amide bonds. The van der Waals surface area contributed by atoms with Crippen LogP contribution in [0.1, 0.15) is 28.7 Å².